The van der Waals surface area contributed by atoms with Gasteiger partial charge in [-0.25, -0.2) is 0 Å². The molecule has 1 unspecified atom stereocenters. The topological polar surface area (TPSA) is 29.1 Å². The second kappa shape index (κ2) is 7.68. The number of amides is 1. The lowest BCUT2D eigenvalue weighted by molar-refractivity contribution is 0.0937. The van der Waals surface area contributed by atoms with Crippen LogP contribution in [0.2, 0.25) is 0 Å². The van der Waals surface area contributed by atoms with E-state index >= 15 is 0 Å². The van der Waals surface area contributed by atoms with E-state index in [2.05, 4.69) is 42.0 Å². The molecule has 3 heteroatoms. The van der Waals surface area contributed by atoms with Crippen LogP contribution in [-0.2, 0) is 0 Å². The third-order valence-electron chi connectivity index (χ3n) is 3.23. The van der Waals surface area contributed by atoms with E-state index in [4.69, 9.17) is 0 Å². The summed E-state index contributed by atoms with van der Waals surface area (Å²) in [5, 5.41) is 3.06. The molecule has 0 saturated carbocycles. The monoisotopic (exact) mass is 325 g/mol. The van der Waals surface area contributed by atoms with Crippen LogP contribution in [0.25, 0.3) is 0 Å². The van der Waals surface area contributed by atoms with Gasteiger partial charge in [-0.2, -0.15) is 0 Å². The van der Waals surface area contributed by atoms with Gasteiger partial charge in [0, 0.05) is 16.1 Å². The largest absolute Gasteiger partial charge is 0.350 e. The van der Waals surface area contributed by atoms with Crippen LogP contribution in [0.5, 0.6) is 0 Å². The zero-order valence-corrected chi connectivity index (χ0v) is 13.9. The molecule has 1 atom stereocenters. The minimum Gasteiger partial charge on any atom is -0.350 e. The quantitative estimate of drug-likeness (QED) is 0.806. The van der Waals surface area contributed by atoms with Crippen molar-refractivity contribution in [1.82, 2.24) is 5.32 Å². The third kappa shape index (κ3) is 5.77. The molecule has 0 aromatic heterocycles. The number of hydrogen-bond donors (Lipinski definition) is 1. The van der Waals surface area contributed by atoms with Gasteiger partial charge >= 0.3 is 0 Å². The van der Waals surface area contributed by atoms with Crippen molar-refractivity contribution in [3.8, 4) is 0 Å². The standard InChI is InChI=1S/C16H24BrNO/c1-11(2)6-5-7-13(4)18-16(19)14-9-8-12(3)15(17)10-14/h8-11,13H,5-7H2,1-4H3,(H,18,19). The van der Waals surface area contributed by atoms with Gasteiger partial charge in [0.05, 0.1) is 0 Å². The molecule has 0 aliphatic carbocycles. The normalized spacial score (nSPS) is 12.5. The number of nitrogens with one attached hydrogen (secondary N) is 1. The summed E-state index contributed by atoms with van der Waals surface area (Å²) in [6.45, 7) is 8.54. The van der Waals surface area contributed by atoms with Crippen LogP contribution in [-0.4, -0.2) is 11.9 Å². The average Bonchev–Trinajstić information content (AvgIpc) is 2.32. The van der Waals surface area contributed by atoms with Gasteiger partial charge in [-0.1, -0.05) is 48.7 Å². The average molecular weight is 326 g/mol. The lowest BCUT2D eigenvalue weighted by atomic mass is 10.0. The maximum absolute atomic E-state index is 12.1. The Balaban J connectivity index is 2.47. The van der Waals surface area contributed by atoms with Crippen LogP contribution >= 0.6 is 15.9 Å². The van der Waals surface area contributed by atoms with Crippen molar-refractivity contribution in [3.05, 3.63) is 33.8 Å². The highest BCUT2D eigenvalue weighted by Gasteiger charge is 2.10. The van der Waals surface area contributed by atoms with Crippen molar-refractivity contribution in [1.29, 1.82) is 0 Å². The van der Waals surface area contributed by atoms with E-state index in [0.717, 1.165) is 28.8 Å². The van der Waals surface area contributed by atoms with E-state index in [1.54, 1.807) is 0 Å². The van der Waals surface area contributed by atoms with E-state index in [-0.39, 0.29) is 11.9 Å². The molecule has 0 aliphatic heterocycles. The first kappa shape index (κ1) is 16.2. The van der Waals surface area contributed by atoms with Gasteiger partial charge in [-0.05, 0) is 43.9 Å². The molecular formula is C16H24BrNO. The second-order valence-electron chi connectivity index (χ2n) is 5.66. The van der Waals surface area contributed by atoms with E-state index in [1.165, 1.54) is 6.42 Å². The van der Waals surface area contributed by atoms with Crippen LogP contribution < -0.4 is 5.32 Å². The molecule has 1 N–H and O–H groups in total. The molecule has 0 spiro atoms. The van der Waals surface area contributed by atoms with Crippen LogP contribution in [0, 0.1) is 12.8 Å². The lowest BCUT2D eigenvalue weighted by Crippen LogP contribution is -2.32. The molecule has 2 nitrogen and oxygen atoms in total. The lowest BCUT2D eigenvalue weighted by Gasteiger charge is -2.15. The number of hydrogen-bond acceptors (Lipinski definition) is 1. The fourth-order valence-corrected chi connectivity index (χ4v) is 2.32. The maximum atomic E-state index is 12.1. The zero-order valence-electron chi connectivity index (χ0n) is 12.3. The zero-order chi connectivity index (χ0) is 14.4. The minimum atomic E-state index is 0.0118. The second-order valence-corrected chi connectivity index (χ2v) is 6.52. The summed E-state index contributed by atoms with van der Waals surface area (Å²) in [6.07, 6.45) is 3.42. The van der Waals surface area contributed by atoms with Crippen molar-refractivity contribution in [2.75, 3.05) is 0 Å². The number of carbonyl (C=O) groups is 1. The maximum Gasteiger partial charge on any atom is 0.251 e. The molecule has 106 valence electrons. The molecule has 1 rings (SSSR count). The SMILES string of the molecule is Cc1ccc(C(=O)NC(C)CCCC(C)C)cc1Br. The smallest absolute Gasteiger partial charge is 0.251 e. The van der Waals surface area contributed by atoms with E-state index < -0.39 is 0 Å². The highest BCUT2D eigenvalue weighted by atomic mass is 79.9. The summed E-state index contributed by atoms with van der Waals surface area (Å²) in [5.74, 6) is 0.744. The number of benzene rings is 1. The molecule has 0 aliphatic rings. The molecule has 1 amide bonds. The predicted octanol–water partition coefficient (Wildman–Crippen LogP) is 4.70. The van der Waals surface area contributed by atoms with Gasteiger partial charge in [0.15, 0.2) is 0 Å². The Kier molecular flexibility index (Phi) is 6.56. The van der Waals surface area contributed by atoms with Gasteiger partial charge in [-0.15, -0.1) is 0 Å². The molecule has 0 radical (unpaired) electrons. The summed E-state index contributed by atoms with van der Waals surface area (Å²) in [6, 6.07) is 5.94. The van der Waals surface area contributed by atoms with Gasteiger partial charge in [0.1, 0.15) is 0 Å². The Labute approximate surface area is 125 Å². The summed E-state index contributed by atoms with van der Waals surface area (Å²) >= 11 is 3.46. The molecular weight excluding hydrogens is 302 g/mol. The van der Waals surface area contributed by atoms with Crippen LogP contribution in [0.15, 0.2) is 22.7 Å². The Morgan fingerprint density at radius 2 is 1.95 bits per heavy atom. The summed E-state index contributed by atoms with van der Waals surface area (Å²) < 4.78 is 0.979. The number of aryl methyl sites for hydroxylation is 1. The number of halogens is 1. The molecule has 19 heavy (non-hydrogen) atoms. The van der Waals surface area contributed by atoms with E-state index in [9.17, 15) is 4.79 Å². The van der Waals surface area contributed by atoms with Crippen LogP contribution in [0.1, 0.15) is 56.0 Å². The van der Waals surface area contributed by atoms with E-state index in [0.29, 0.717) is 5.56 Å². The third-order valence-corrected chi connectivity index (χ3v) is 4.08. The Bertz CT molecular complexity index is 429. The van der Waals surface area contributed by atoms with E-state index in [1.807, 2.05) is 25.1 Å². The summed E-state index contributed by atoms with van der Waals surface area (Å²) in [7, 11) is 0. The van der Waals surface area contributed by atoms with Gasteiger partial charge in [0.25, 0.3) is 5.91 Å². The Hall–Kier alpha value is -0.830. The Morgan fingerprint density at radius 1 is 1.26 bits per heavy atom. The van der Waals surface area contributed by atoms with Crippen molar-refractivity contribution >= 4 is 21.8 Å². The fourth-order valence-electron chi connectivity index (χ4n) is 1.95. The summed E-state index contributed by atoms with van der Waals surface area (Å²) in [4.78, 5) is 12.1. The van der Waals surface area contributed by atoms with Gasteiger partial charge < -0.3 is 5.32 Å². The summed E-state index contributed by atoms with van der Waals surface area (Å²) in [5.41, 5.74) is 1.86. The first-order chi connectivity index (χ1) is 8.90. The number of rotatable bonds is 6. The molecule has 1 aromatic carbocycles. The molecule has 1 aromatic rings. The van der Waals surface area contributed by atoms with Crippen molar-refractivity contribution in [3.63, 3.8) is 0 Å². The highest BCUT2D eigenvalue weighted by molar-refractivity contribution is 9.10. The fraction of sp³-hybridized carbons (Fsp3) is 0.562. The van der Waals surface area contributed by atoms with Crippen LogP contribution in [0.4, 0.5) is 0 Å². The molecule has 0 heterocycles. The Morgan fingerprint density at radius 3 is 2.53 bits per heavy atom. The predicted molar refractivity (Wildman–Crippen MR) is 84.5 cm³/mol. The van der Waals surface area contributed by atoms with Gasteiger partial charge in [0.2, 0.25) is 0 Å². The number of carbonyl (C=O) groups excluding carboxylic acids is 1. The van der Waals surface area contributed by atoms with Crippen molar-refractivity contribution < 1.29 is 4.79 Å². The van der Waals surface area contributed by atoms with Crippen LogP contribution in [0.3, 0.4) is 0 Å². The minimum absolute atomic E-state index is 0.0118. The van der Waals surface area contributed by atoms with Crippen molar-refractivity contribution in [2.24, 2.45) is 5.92 Å². The molecule has 0 fully saturated rings. The molecule has 0 bridgehead atoms. The highest BCUT2D eigenvalue weighted by Crippen LogP contribution is 2.17. The first-order valence-electron chi connectivity index (χ1n) is 6.97. The van der Waals surface area contributed by atoms with Crippen molar-refractivity contribution in [2.45, 2.75) is 53.0 Å². The van der Waals surface area contributed by atoms with Gasteiger partial charge in [-0.3, -0.25) is 4.79 Å². The first-order valence-corrected chi connectivity index (χ1v) is 7.76. The molecule has 0 saturated heterocycles.